The zero-order valence-electron chi connectivity index (χ0n) is 16.2. The molecule has 1 amide bonds. The highest BCUT2D eigenvalue weighted by Gasteiger charge is 2.15. The Hall–Kier alpha value is -2.91. The lowest BCUT2D eigenvalue weighted by atomic mass is 10.2. The number of sulfonamides is 1. The molecule has 0 saturated heterocycles. The molecule has 0 fully saturated rings. The Morgan fingerprint density at radius 1 is 0.844 bits per heavy atom. The van der Waals surface area contributed by atoms with Crippen LogP contribution in [0.15, 0.2) is 83.1 Å². The van der Waals surface area contributed by atoms with Crippen LogP contribution in [0.4, 0.5) is 10.8 Å². The highest BCUT2D eigenvalue weighted by atomic mass is 35.5. The summed E-state index contributed by atoms with van der Waals surface area (Å²) in [7, 11) is -3.76. The number of anilines is 2. The van der Waals surface area contributed by atoms with Gasteiger partial charge in [-0.05, 0) is 60.7 Å². The van der Waals surface area contributed by atoms with E-state index in [-0.39, 0.29) is 10.8 Å². The summed E-state index contributed by atoms with van der Waals surface area (Å²) in [5.41, 5.74) is 2.32. The smallest absolute Gasteiger partial charge is 0.261 e. The van der Waals surface area contributed by atoms with Crippen molar-refractivity contribution >= 4 is 61.3 Å². The first-order valence-corrected chi connectivity index (χ1v) is 12.3. The number of rotatable bonds is 6. The predicted octanol–water partition coefficient (Wildman–Crippen LogP) is 6.17. The van der Waals surface area contributed by atoms with Gasteiger partial charge < -0.3 is 0 Å². The van der Waals surface area contributed by atoms with Crippen LogP contribution >= 0.6 is 34.5 Å². The fourth-order valence-electron chi connectivity index (χ4n) is 2.77. The van der Waals surface area contributed by atoms with Gasteiger partial charge >= 0.3 is 0 Å². The fourth-order valence-corrected chi connectivity index (χ4v) is 4.80. The normalized spacial score (nSPS) is 11.2. The standard InChI is InChI=1S/C22H15Cl2N3O3S2/c23-16-5-1-14(2-6-16)20-13-31-22(25-20)26-21(28)15-3-9-18(10-4-15)27-32(29,30)19-11-7-17(24)8-12-19/h1-13,27H,(H,25,26,28). The molecule has 6 nitrogen and oxygen atoms in total. The fraction of sp³-hybridized carbons (Fsp3) is 0. The summed E-state index contributed by atoms with van der Waals surface area (Å²) in [5.74, 6) is -0.353. The van der Waals surface area contributed by atoms with Crippen molar-refractivity contribution in [1.29, 1.82) is 0 Å². The summed E-state index contributed by atoms with van der Waals surface area (Å²) >= 11 is 13.0. The minimum Gasteiger partial charge on any atom is -0.298 e. The van der Waals surface area contributed by atoms with E-state index in [0.29, 0.717) is 26.4 Å². The maximum atomic E-state index is 12.5. The quantitative estimate of drug-likeness (QED) is 0.329. The van der Waals surface area contributed by atoms with Crippen molar-refractivity contribution < 1.29 is 13.2 Å². The number of hydrogen-bond donors (Lipinski definition) is 2. The van der Waals surface area contributed by atoms with Gasteiger partial charge in [-0.15, -0.1) is 11.3 Å². The third-order valence-corrected chi connectivity index (χ3v) is 7.05. The van der Waals surface area contributed by atoms with Crippen molar-refractivity contribution in [3.8, 4) is 11.3 Å². The van der Waals surface area contributed by atoms with E-state index >= 15 is 0 Å². The number of thiazole rings is 1. The van der Waals surface area contributed by atoms with Crippen LogP contribution in [0.3, 0.4) is 0 Å². The maximum absolute atomic E-state index is 12.5. The number of benzene rings is 3. The van der Waals surface area contributed by atoms with E-state index < -0.39 is 10.0 Å². The van der Waals surface area contributed by atoms with Crippen LogP contribution in [0, 0.1) is 0 Å². The summed E-state index contributed by atoms with van der Waals surface area (Å²) in [5, 5.41) is 6.12. The molecule has 10 heteroatoms. The van der Waals surface area contributed by atoms with E-state index in [2.05, 4.69) is 15.0 Å². The molecule has 0 atom stereocenters. The number of nitrogens with zero attached hydrogens (tertiary/aromatic N) is 1. The van der Waals surface area contributed by atoms with Gasteiger partial charge in [0.1, 0.15) is 0 Å². The molecule has 1 aromatic heterocycles. The van der Waals surface area contributed by atoms with E-state index in [1.807, 2.05) is 17.5 Å². The van der Waals surface area contributed by atoms with Gasteiger partial charge in [-0.1, -0.05) is 35.3 Å². The van der Waals surface area contributed by atoms with E-state index in [0.717, 1.165) is 11.3 Å². The number of hydrogen-bond acceptors (Lipinski definition) is 5. The zero-order chi connectivity index (χ0) is 22.7. The molecular formula is C22H15Cl2N3O3S2. The summed E-state index contributed by atoms with van der Waals surface area (Å²) in [6, 6.07) is 19.2. The molecular weight excluding hydrogens is 489 g/mol. The second kappa shape index (κ2) is 9.30. The van der Waals surface area contributed by atoms with E-state index in [1.165, 1.54) is 59.9 Å². The third kappa shape index (κ3) is 5.28. The zero-order valence-corrected chi connectivity index (χ0v) is 19.4. The number of halogens is 2. The Morgan fingerprint density at radius 3 is 2.06 bits per heavy atom. The average Bonchev–Trinajstić information content (AvgIpc) is 3.23. The molecule has 3 aromatic carbocycles. The largest absolute Gasteiger partial charge is 0.298 e. The molecule has 2 N–H and O–H groups in total. The van der Waals surface area contributed by atoms with Gasteiger partial charge in [0, 0.05) is 32.2 Å². The minimum atomic E-state index is -3.76. The molecule has 162 valence electrons. The average molecular weight is 504 g/mol. The van der Waals surface area contributed by atoms with E-state index in [9.17, 15) is 13.2 Å². The van der Waals surface area contributed by atoms with Gasteiger partial charge in [0.15, 0.2) is 5.13 Å². The van der Waals surface area contributed by atoms with Gasteiger partial charge in [-0.2, -0.15) is 0 Å². The maximum Gasteiger partial charge on any atom is 0.261 e. The Labute approximate surface area is 198 Å². The number of amides is 1. The van der Waals surface area contributed by atoms with Crippen LogP contribution < -0.4 is 10.0 Å². The summed E-state index contributed by atoms with van der Waals surface area (Å²) in [6.45, 7) is 0. The Bertz CT molecular complexity index is 1350. The molecule has 4 aromatic rings. The van der Waals surface area contributed by atoms with Crippen LogP contribution in [-0.4, -0.2) is 19.3 Å². The molecule has 0 spiro atoms. The van der Waals surface area contributed by atoms with Crippen molar-refractivity contribution in [2.45, 2.75) is 4.90 Å². The summed E-state index contributed by atoms with van der Waals surface area (Å²) in [4.78, 5) is 17.1. The summed E-state index contributed by atoms with van der Waals surface area (Å²) < 4.78 is 27.4. The molecule has 0 radical (unpaired) electrons. The molecule has 0 saturated carbocycles. The molecule has 32 heavy (non-hydrogen) atoms. The molecule has 0 bridgehead atoms. The van der Waals surface area contributed by atoms with Crippen LogP contribution in [0.25, 0.3) is 11.3 Å². The summed E-state index contributed by atoms with van der Waals surface area (Å²) in [6.07, 6.45) is 0. The molecule has 4 rings (SSSR count). The Morgan fingerprint density at radius 2 is 1.44 bits per heavy atom. The van der Waals surface area contributed by atoms with Crippen molar-refractivity contribution in [2.24, 2.45) is 0 Å². The van der Waals surface area contributed by atoms with Gasteiger partial charge in [0.05, 0.1) is 10.6 Å². The monoisotopic (exact) mass is 503 g/mol. The number of carbonyl (C=O) groups is 1. The first-order valence-electron chi connectivity index (χ1n) is 9.21. The molecule has 0 unspecified atom stereocenters. The number of carbonyl (C=O) groups excluding carboxylic acids is 1. The van der Waals surface area contributed by atoms with Gasteiger partial charge in [-0.25, -0.2) is 13.4 Å². The molecule has 0 aliphatic heterocycles. The van der Waals surface area contributed by atoms with Gasteiger partial charge in [0.25, 0.3) is 15.9 Å². The highest BCUT2D eigenvalue weighted by molar-refractivity contribution is 7.92. The molecule has 0 aliphatic carbocycles. The van der Waals surface area contributed by atoms with E-state index in [4.69, 9.17) is 23.2 Å². The lowest BCUT2D eigenvalue weighted by Crippen LogP contribution is -2.14. The van der Waals surface area contributed by atoms with E-state index in [1.54, 1.807) is 12.1 Å². The lowest BCUT2D eigenvalue weighted by Gasteiger charge is -2.09. The minimum absolute atomic E-state index is 0.0870. The molecule has 0 aliphatic rings. The van der Waals surface area contributed by atoms with Crippen LogP contribution in [0.2, 0.25) is 10.0 Å². The lowest BCUT2D eigenvalue weighted by molar-refractivity contribution is 0.102. The Balaban J connectivity index is 1.42. The second-order valence-corrected chi connectivity index (χ2v) is 10.0. The first-order chi connectivity index (χ1) is 15.3. The SMILES string of the molecule is O=C(Nc1nc(-c2ccc(Cl)cc2)cs1)c1ccc(NS(=O)(=O)c2ccc(Cl)cc2)cc1. The van der Waals surface area contributed by atoms with Crippen molar-refractivity contribution in [2.75, 3.05) is 10.0 Å². The van der Waals surface area contributed by atoms with Gasteiger partial charge in [-0.3, -0.25) is 14.8 Å². The Kier molecular flexibility index (Phi) is 6.48. The number of aromatic nitrogens is 1. The van der Waals surface area contributed by atoms with Crippen molar-refractivity contribution in [3.63, 3.8) is 0 Å². The highest BCUT2D eigenvalue weighted by Crippen LogP contribution is 2.26. The van der Waals surface area contributed by atoms with Crippen LogP contribution in [0.5, 0.6) is 0 Å². The third-order valence-electron chi connectivity index (χ3n) is 4.39. The van der Waals surface area contributed by atoms with Gasteiger partial charge in [0.2, 0.25) is 0 Å². The van der Waals surface area contributed by atoms with Crippen molar-refractivity contribution in [3.05, 3.63) is 93.8 Å². The molecule has 1 heterocycles. The van der Waals surface area contributed by atoms with Crippen molar-refractivity contribution in [1.82, 2.24) is 4.98 Å². The first kappa shape index (κ1) is 22.3. The topological polar surface area (TPSA) is 88.2 Å². The van der Waals surface area contributed by atoms with Crippen LogP contribution in [0.1, 0.15) is 10.4 Å². The second-order valence-electron chi connectivity index (χ2n) is 6.64. The predicted molar refractivity (Wildman–Crippen MR) is 129 cm³/mol. The number of nitrogens with one attached hydrogen (secondary N) is 2. The van der Waals surface area contributed by atoms with Crippen LogP contribution in [-0.2, 0) is 10.0 Å².